The van der Waals surface area contributed by atoms with E-state index < -0.39 is 0 Å². The molecule has 0 saturated carbocycles. The summed E-state index contributed by atoms with van der Waals surface area (Å²) in [5.74, 6) is 0. The summed E-state index contributed by atoms with van der Waals surface area (Å²) in [6.45, 7) is 3.52. The van der Waals surface area contributed by atoms with Gasteiger partial charge in [0.05, 0.1) is 13.2 Å². The number of hydrogen-bond donors (Lipinski definition) is 2. The highest BCUT2D eigenvalue weighted by molar-refractivity contribution is 5.42. The molecule has 0 amide bonds. The van der Waals surface area contributed by atoms with Gasteiger partial charge in [-0.15, -0.1) is 0 Å². The fourth-order valence-corrected chi connectivity index (χ4v) is 1.55. The first kappa shape index (κ1) is 9.49. The summed E-state index contributed by atoms with van der Waals surface area (Å²) >= 11 is 0. The second-order valence-electron chi connectivity index (χ2n) is 3.47. The van der Waals surface area contributed by atoms with Crippen molar-refractivity contribution in [1.29, 1.82) is 0 Å². The van der Waals surface area contributed by atoms with E-state index in [-0.39, 0.29) is 0 Å². The maximum atomic E-state index is 5.37. The van der Waals surface area contributed by atoms with Crippen LogP contribution < -0.4 is 10.6 Å². The van der Waals surface area contributed by atoms with E-state index in [4.69, 9.17) is 4.74 Å². The molecule has 1 saturated heterocycles. The van der Waals surface area contributed by atoms with Crippen LogP contribution in [-0.2, 0) is 4.74 Å². The third-order valence-electron chi connectivity index (χ3n) is 2.32. The summed E-state index contributed by atoms with van der Waals surface area (Å²) < 4.78 is 5.37. The highest BCUT2D eigenvalue weighted by Gasteiger charge is 2.11. The summed E-state index contributed by atoms with van der Waals surface area (Å²) in [7, 11) is 0. The number of anilines is 1. The van der Waals surface area contributed by atoms with Gasteiger partial charge in [-0.2, -0.15) is 0 Å². The molecule has 1 fully saturated rings. The van der Waals surface area contributed by atoms with Crippen molar-refractivity contribution < 1.29 is 4.74 Å². The number of benzene rings is 1. The molecule has 0 spiro atoms. The van der Waals surface area contributed by atoms with E-state index in [1.807, 2.05) is 18.2 Å². The Morgan fingerprint density at radius 1 is 1.36 bits per heavy atom. The topological polar surface area (TPSA) is 33.3 Å². The van der Waals surface area contributed by atoms with Crippen LogP contribution >= 0.6 is 0 Å². The standard InChI is InChI=1S/C11H16N2O/c1-2-4-10(5-3-1)13-8-11-9-14-7-6-12-11/h1-5,11-13H,6-9H2/t11-/m1/s1. The normalized spacial score (nSPS) is 21.9. The first-order chi connectivity index (χ1) is 6.95. The van der Waals surface area contributed by atoms with Gasteiger partial charge in [0.15, 0.2) is 0 Å². The molecule has 3 nitrogen and oxygen atoms in total. The minimum atomic E-state index is 0.434. The van der Waals surface area contributed by atoms with Crippen LogP contribution in [0.2, 0.25) is 0 Å². The van der Waals surface area contributed by atoms with Crippen molar-refractivity contribution in [3.05, 3.63) is 30.3 Å². The van der Waals surface area contributed by atoms with E-state index in [0.717, 1.165) is 26.3 Å². The summed E-state index contributed by atoms with van der Waals surface area (Å²) in [6.07, 6.45) is 0. The Bertz CT molecular complexity index is 257. The fraction of sp³-hybridized carbons (Fsp3) is 0.455. The lowest BCUT2D eigenvalue weighted by molar-refractivity contribution is 0.0806. The molecule has 2 rings (SSSR count). The summed E-state index contributed by atoms with van der Waals surface area (Å²) in [4.78, 5) is 0. The molecule has 76 valence electrons. The molecule has 1 aliphatic heterocycles. The van der Waals surface area contributed by atoms with E-state index in [0.29, 0.717) is 6.04 Å². The highest BCUT2D eigenvalue weighted by Crippen LogP contribution is 2.05. The van der Waals surface area contributed by atoms with Crippen molar-refractivity contribution >= 4 is 5.69 Å². The van der Waals surface area contributed by atoms with Crippen LogP contribution in [0.3, 0.4) is 0 Å². The van der Waals surface area contributed by atoms with Gasteiger partial charge in [0.2, 0.25) is 0 Å². The maximum Gasteiger partial charge on any atom is 0.0637 e. The molecule has 1 atom stereocenters. The van der Waals surface area contributed by atoms with Crippen LogP contribution in [0.15, 0.2) is 30.3 Å². The summed E-state index contributed by atoms with van der Waals surface area (Å²) in [6, 6.07) is 10.7. The quantitative estimate of drug-likeness (QED) is 0.752. The zero-order valence-corrected chi connectivity index (χ0v) is 8.20. The minimum absolute atomic E-state index is 0.434. The second kappa shape index (κ2) is 4.98. The van der Waals surface area contributed by atoms with Crippen LogP contribution in [0.25, 0.3) is 0 Å². The molecule has 0 unspecified atom stereocenters. The third kappa shape index (κ3) is 2.72. The summed E-state index contributed by atoms with van der Waals surface area (Å²) in [5.41, 5.74) is 1.17. The van der Waals surface area contributed by atoms with Crippen molar-refractivity contribution in [2.75, 3.05) is 31.6 Å². The SMILES string of the molecule is c1ccc(NC[C@@H]2COCCN2)cc1. The lowest BCUT2D eigenvalue weighted by Crippen LogP contribution is -2.45. The first-order valence-electron chi connectivity index (χ1n) is 5.05. The maximum absolute atomic E-state index is 5.37. The second-order valence-corrected chi connectivity index (χ2v) is 3.47. The number of ether oxygens (including phenoxy) is 1. The Hall–Kier alpha value is -1.06. The van der Waals surface area contributed by atoms with Gasteiger partial charge in [-0.3, -0.25) is 0 Å². The van der Waals surface area contributed by atoms with E-state index in [1.165, 1.54) is 5.69 Å². The van der Waals surface area contributed by atoms with Crippen LogP contribution in [-0.4, -0.2) is 32.3 Å². The van der Waals surface area contributed by atoms with Gasteiger partial charge in [0.1, 0.15) is 0 Å². The molecule has 0 radical (unpaired) electrons. The number of nitrogens with one attached hydrogen (secondary N) is 2. The molecule has 1 aliphatic rings. The molecule has 2 N–H and O–H groups in total. The zero-order valence-electron chi connectivity index (χ0n) is 8.20. The lowest BCUT2D eigenvalue weighted by Gasteiger charge is -2.24. The van der Waals surface area contributed by atoms with Gasteiger partial charge in [-0.1, -0.05) is 18.2 Å². The monoisotopic (exact) mass is 192 g/mol. The number of rotatable bonds is 3. The molecule has 1 aromatic rings. The Labute approximate surface area is 84.5 Å². The Morgan fingerprint density at radius 3 is 2.93 bits per heavy atom. The Kier molecular flexibility index (Phi) is 3.38. The average molecular weight is 192 g/mol. The lowest BCUT2D eigenvalue weighted by atomic mass is 10.2. The molecular weight excluding hydrogens is 176 g/mol. The summed E-state index contributed by atoms with van der Waals surface area (Å²) in [5, 5.41) is 6.77. The molecule has 0 aliphatic carbocycles. The number of para-hydroxylation sites is 1. The molecular formula is C11H16N2O. The number of morpholine rings is 1. The molecule has 1 heterocycles. The number of hydrogen-bond acceptors (Lipinski definition) is 3. The fourth-order valence-electron chi connectivity index (χ4n) is 1.55. The molecule has 1 aromatic carbocycles. The Morgan fingerprint density at radius 2 is 2.21 bits per heavy atom. The molecule has 3 heteroatoms. The van der Waals surface area contributed by atoms with Crippen molar-refractivity contribution in [2.24, 2.45) is 0 Å². The van der Waals surface area contributed by atoms with Crippen molar-refractivity contribution in [3.63, 3.8) is 0 Å². The van der Waals surface area contributed by atoms with Crippen molar-refractivity contribution in [3.8, 4) is 0 Å². The molecule has 14 heavy (non-hydrogen) atoms. The average Bonchev–Trinajstić information content (AvgIpc) is 2.29. The van der Waals surface area contributed by atoms with Gasteiger partial charge in [0.25, 0.3) is 0 Å². The largest absolute Gasteiger partial charge is 0.383 e. The van der Waals surface area contributed by atoms with E-state index in [2.05, 4.69) is 22.8 Å². The third-order valence-corrected chi connectivity index (χ3v) is 2.32. The van der Waals surface area contributed by atoms with Crippen LogP contribution in [0, 0.1) is 0 Å². The van der Waals surface area contributed by atoms with Crippen molar-refractivity contribution in [1.82, 2.24) is 5.32 Å². The smallest absolute Gasteiger partial charge is 0.0637 e. The van der Waals surface area contributed by atoms with Gasteiger partial charge in [0, 0.05) is 24.8 Å². The molecule has 0 aromatic heterocycles. The van der Waals surface area contributed by atoms with Crippen LogP contribution in [0.1, 0.15) is 0 Å². The van der Waals surface area contributed by atoms with Gasteiger partial charge >= 0.3 is 0 Å². The predicted molar refractivity (Wildman–Crippen MR) is 57.5 cm³/mol. The first-order valence-corrected chi connectivity index (χ1v) is 5.05. The van der Waals surface area contributed by atoms with Gasteiger partial charge < -0.3 is 15.4 Å². The van der Waals surface area contributed by atoms with Crippen LogP contribution in [0.4, 0.5) is 5.69 Å². The van der Waals surface area contributed by atoms with E-state index in [9.17, 15) is 0 Å². The van der Waals surface area contributed by atoms with Crippen LogP contribution in [0.5, 0.6) is 0 Å². The predicted octanol–water partition coefficient (Wildman–Crippen LogP) is 1.09. The zero-order chi connectivity index (χ0) is 9.64. The van der Waals surface area contributed by atoms with Gasteiger partial charge in [-0.05, 0) is 12.1 Å². The highest BCUT2D eigenvalue weighted by atomic mass is 16.5. The van der Waals surface area contributed by atoms with E-state index >= 15 is 0 Å². The minimum Gasteiger partial charge on any atom is -0.383 e. The van der Waals surface area contributed by atoms with Gasteiger partial charge in [-0.25, -0.2) is 0 Å². The molecule has 0 bridgehead atoms. The Balaban J connectivity index is 1.76. The van der Waals surface area contributed by atoms with Crippen molar-refractivity contribution in [2.45, 2.75) is 6.04 Å². The van der Waals surface area contributed by atoms with E-state index in [1.54, 1.807) is 0 Å².